The number of rotatable bonds is 3. The van der Waals surface area contributed by atoms with Gasteiger partial charge in [-0.15, -0.1) is 0 Å². The van der Waals surface area contributed by atoms with Crippen LogP contribution >= 0.6 is 11.6 Å². The van der Waals surface area contributed by atoms with Crippen molar-refractivity contribution in [3.8, 4) is 0 Å². The molecule has 0 saturated heterocycles. The SMILES string of the molecule is OC(c1cc2cccc(Cl)c2o1)C(O)C1CCCCC1. The van der Waals surface area contributed by atoms with Crippen molar-refractivity contribution in [2.75, 3.05) is 0 Å². The van der Waals surface area contributed by atoms with E-state index < -0.39 is 12.2 Å². The summed E-state index contributed by atoms with van der Waals surface area (Å²) in [5.74, 6) is 0.550. The van der Waals surface area contributed by atoms with E-state index >= 15 is 0 Å². The van der Waals surface area contributed by atoms with E-state index in [2.05, 4.69) is 0 Å². The zero-order chi connectivity index (χ0) is 14.1. The molecule has 1 aromatic heterocycles. The van der Waals surface area contributed by atoms with Gasteiger partial charge in [0.05, 0.1) is 11.1 Å². The maximum Gasteiger partial charge on any atom is 0.152 e. The number of para-hydroxylation sites is 1. The monoisotopic (exact) mass is 294 g/mol. The minimum atomic E-state index is -0.985. The minimum Gasteiger partial charge on any atom is -0.457 e. The minimum absolute atomic E-state index is 0.155. The second-order valence-corrected chi connectivity index (χ2v) is 6.05. The lowest BCUT2D eigenvalue weighted by Crippen LogP contribution is -2.29. The van der Waals surface area contributed by atoms with Crippen LogP contribution in [0.3, 0.4) is 0 Å². The topological polar surface area (TPSA) is 53.6 Å². The molecule has 1 aliphatic rings. The molecule has 2 aromatic rings. The summed E-state index contributed by atoms with van der Waals surface area (Å²) in [5.41, 5.74) is 0.569. The van der Waals surface area contributed by atoms with Crippen LogP contribution in [0.5, 0.6) is 0 Å². The Bertz CT molecular complexity index is 586. The smallest absolute Gasteiger partial charge is 0.152 e. The average Bonchev–Trinajstić information content (AvgIpc) is 2.92. The molecule has 0 radical (unpaired) electrons. The molecule has 1 aliphatic carbocycles. The van der Waals surface area contributed by atoms with E-state index in [9.17, 15) is 10.2 Å². The Morgan fingerprint density at radius 2 is 1.90 bits per heavy atom. The summed E-state index contributed by atoms with van der Waals surface area (Å²) in [4.78, 5) is 0. The summed E-state index contributed by atoms with van der Waals surface area (Å²) in [5, 5.41) is 22.1. The molecule has 1 aromatic carbocycles. The fraction of sp³-hybridized carbons (Fsp3) is 0.500. The number of aliphatic hydroxyl groups is 2. The van der Waals surface area contributed by atoms with Crippen molar-refractivity contribution >= 4 is 22.6 Å². The molecular formula is C16H19ClO3. The van der Waals surface area contributed by atoms with Crippen LogP contribution in [0.25, 0.3) is 11.0 Å². The first kappa shape index (κ1) is 13.9. The van der Waals surface area contributed by atoms with E-state index in [1.54, 1.807) is 12.1 Å². The molecule has 1 heterocycles. The summed E-state index contributed by atoms with van der Waals surface area (Å²) < 4.78 is 5.63. The quantitative estimate of drug-likeness (QED) is 0.897. The van der Waals surface area contributed by atoms with Crippen LogP contribution < -0.4 is 0 Å². The van der Waals surface area contributed by atoms with Crippen molar-refractivity contribution in [1.82, 2.24) is 0 Å². The Kier molecular flexibility index (Phi) is 4.01. The maximum atomic E-state index is 10.3. The van der Waals surface area contributed by atoms with Crippen LogP contribution in [-0.2, 0) is 0 Å². The highest BCUT2D eigenvalue weighted by Crippen LogP contribution is 2.35. The fourth-order valence-electron chi connectivity index (χ4n) is 3.09. The molecule has 3 nitrogen and oxygen atoms in total. The highest BCUT2D eigenvalue weighted by molar-refractivity contribution is 6.34. The van der Waals surface area contributed by atoms with E-state index in [-0.39, 0.29) is 5.92 Å². The van der Waals surface area contributed by atoms with E-state index in [0.29, 0.717) is 16.4 Å². The molecule has 108 valence electrons. The van der Waals surface area contributed by atoms with Gasteiger partial charge >= 0.3 is 0 Å². The predicted molar refractivity (Wildman–Crippen MR) is 78.8 cm³/mol. The first-order chi connectivity index (χ1) is 9.66. The van der Waals surface area contributed by atoms with Gasteiger partial charge in [-0.05, 0) is 30.9 Å². The second kappa shape index (κ2) is 5.76. The van der Waals surface area contributed by atoms with Crippen LogP contribution in [0.2, 0.25) is 5.02 Å². The Balaban J connectivity index is 1.84. The van der Waals surface area contributed by atoms with Gasteiger partial charge in [-0.25, -0.2) is 0 Å². The standard InChI is InChI=1S/C16H19ClO3/c17-12-8-4-7-11-9-13(20-16(11)12)15(19)14(18)10-5-2-1-3-6-10/h4,7-10,14-15,18-19H,1-3,5-6H2. The van der Waals surface area contributed by atoms with E-state index in [4.69, 9.17) is 16.0 Å². The van der Waals surface area contributed by atoms with Gasteiger partial charge in [0.15, 0.2) is 5.58 Å². The predicted octanol–water partition coefficient (Wildman–Crippen LogP) is 4.06. The number of benzene rings is 1. The molecule has 2 atom stereocenters. The van der Waals surface area contributed by atoms with Crippen molar-refractivity contribution < 1.29 is 14.6 Å². The Morgan fingerprint density at radius 1 is 1.15 bits per heavy atom. The van der Waals surface area contributed by atoms with Gasteiger partial charge in [0.1, 0.15) is 11.9 Å². The third-order valence-corrected chi connectivity index (χ3v) is 4.56. The Hall–Kier alpha value is -1.03. The molecule has 0 bridgehead atoms. The molecule has 0 spiro atoms. The Morgan fingerprint density at radius 3 is 2.60 bits per heavy atom. The summed E-state index contributed by atoms with van der Waals surface area (Å²) in [6.07, 6.45) is 3.66. The average molecular weight is 295 g/mol. The van der Waals surface area contributed by atoms with Crippen molar-refractivity contribution in [3.05, 3.63) is 35.0 Å². The number of halogens is 1. The molecule has 2 N–H and O–H groups in total. The highest BCUT2D eigenvalue weighted by atomic mass is 35.5. The lowest BCUT2D eigenvalue weighted by atomic mass is 9.83. The zero-order valence-electron chi connectivity index (χ0n) is 11.3. The van der Waals surface area contributed by atoms with Crippen LogP contribution in [-0.4, -0.2) is 16.3 Å². The van der Waals surface area contributed by atoms with Gasteiger partial charge < -0.3 is 14.6 Å². The van der Waals surface area contributed by atoms with Gasteiger partial charge in [0, 0.05) is 5.39 Å². The number of fused-ring (bicyclic) bond motifs is 1. The normalized spacial score (nSPS) is 20.1. The van der Waals surface area contributed by atoms with E-state index in [0.717, 1.165) is 31.1 Å². The highest BCUT2D eigenvalue weighted by Gasteiger charge is 2.30. The van der Waals surface area contributed by atoms with Crippen molar-refractivity contribution in [2.45, 2.75) is 44.3 Å². The summed E-state index contributed by atoms with van der Waals surface area (Å²) in [6, 6.07) is 7.24. The molecule has 1 saturated carbocycles. The molecule has 2 unspecified atom stereocenters. The third-order valence-electron chi connectivity index (χ3n) is 4.26. The van der Waals surface area contributed by atoms with Crippen LogP contribution in [0.1, 0.15) is 44.0 Å². The molecule has 0 aliphatic heterocycles. The fourth-order valence-corrected chi connectivity index (χ4v) is 3.32. The zero-order valence-corrected chi connectivity index (χ0v) is 12.0. The lowest BCUT2D eigenvalue weighted by Gasteiger charge is -2.28. The number of aliphatic hydroxyl groups excluding tert-OH is 2. The lowest BCUT2D eigenvalue weighted by molar-refractivity contribution is -0.0375. The van der Waals surface area contributed by atoms with Gasteiger partial charge in [-0.1, -0.05) is 43.0 Å². The van der Waals surface area contributed by atoms with Crippen molar-refractivity contribution in [3.63, 3.8) is 0 Å². The van der Waals surface area contributed by atoms with Crippen LogP contribution in [0, 0.1) is 5.92 Å². The number of hydrogen-bond acceptors (Lipinski definition) is 3. The summed E-state index contributed by atoms with van der Waals surface area (Å²) in [6.45, 7) is 0. The largest absolute Gasteiger partial charge is 0.457 e. The van der Waals surface area contributed by atoms with Crippen molar-refractivity contribution in [1.29, 1.82) is 0 Å². The molecule has 4 heteroatoms. The molecule has 20 heavy (non-hydrogen) atoms. The van der Waals surface area contributed by atoms with Crippen molar-refractivity contribution in [2.24, 2.45) is 5.92 Å². The Labute approximate surface area is 123 Å². The molecule has 0 amide bonds. The summed E-state index contributed by atoms with van der Waals surface area (Å²) >= 11 is 6.07. The maximum absolute atomic E-state index is 10.3. The van der Waals surface area contributed by atoms with Gasteiger partial charge in [0.2, 0.25) is 0 Å². The van der Waals surface area contributed by atoms with Gasteiger partial charge in [0.25, 0.3) is 0 Å². The number of hydrogen-bond donors (Lipinski definition) is 2. The molecule has 3 rings (SSSR count). The number of furan rings is 1. The molecule has 1 fully saturated rings. The van der Waals surface area contributed by atoms with Gasteiger partial charge in [-0.2, -0.15) is 0 Å². The van der Waals surface area contributed by atoms with Crippen LogP contribution in [0.15, 0.2) is 28.7 Å². The second-order valence-electron chi connectivity index (χ2n) is 5.64. The third kappa shape index (κ3) is 2.58. The molecular weight excluding hydrogens is 276 g/mol. The first-order valence-electron chi connectivity index (χ1n) is 7.21. The van der Waals surface area contributed by atoms with E-state index in [1.165, 1.54) is 6.42 Å². The summed E-state index contributed by atoms with van der Waals surface area (Å²) in [7, 11) is 0. The van der Waals surface area contributed by atoms with E-state index in [1.807, 2.05) is 12.1 Å². The van der Waals surface area contributed by atoms with Gasteiger partial charge in [-0.3, -0.25) is 0 Å². The first-order valence-corrected chi connectivity index (χ1v) is 7.58. The van der Waals surface area contributed by atoms with Crippen LogP contribution in [0.4, 0.5) is 0 Å².